The van der Waals surface area contributed by atoms with Gasteiger partial charge in [-0.25, -0.2) is 0 Å². The van der Waals surface area contributed by atoms with Gasteiger partial charge in [0.2, 0.25) is 0 Å². The summed E-state index contributed by atoms with van der Waals surface area (Å²) < 4.78 is 5.86. The minimum absolute atomic E-state index is 0.135. The second kappa shape index (κ2) is 9.78. The molecule has 0 radical (unpaired) electrons. The average Bonchev–Trinajstić information content (AvgIpc) is 2.74. The molecule has 0 aliphatic rings. The van der Waals surface area contributed by atoms with Crippen LogP contribution in [-0.2, 0) is 16.2 Å². The van der Waals surface area contributed by atoms with Gasteiger partial charge in [0.05, 0.1) is 5.56 Å². The molecule has 6 nitrogen and oxygen atoms in total. The molecule has 1 amide bonds. The number of hydrogen-bond acceptors (Lipinski definition) is 4. The fraction of sp³-hybridized carbons (Fsp3) is 0.0909. The summed E-state index contributed by atoms with van der Waals surface area (Å²) in [5.74, 6) is 0.400. The Morgan fingerprint density at radius 3 is 2.29 bits per heavy atom. The van der Waals surface area contributed by atoms with Crippen LogP contribution in [-0.4, -0.2) is 18.3 Å². The summed E-state index contributed by atoms with van der Waals surface area (Å²) in [6.07, 6.45) is 0. The zero-order valence-electron chi connectivity index (χ0n) is 15.2. The molecule has 0 atom stereocenters. The van der Waals surface area contributed by atoms with Crippen LogP contribution >= 0.6 is 0 Å². The lowest BCUT2D eigenvalue weighted by atomic mass is 10.2. The van der Waals surface area contributed by atoms with E-state index in [-0.39, 0.29) is 18.3 Å². The molecule has 3 aromatic carbocycles. The molecule has 6 heteroatoms. The number of benzene rings is 3. The SMILES string of the molecule is N/C(=N\OCC(=O)Nc1ccccc1)c1ccccc1OCc1ccccc1. The number of rotatable bonds is 8. The highest BCUT2D eigenvalue weighted by molar-refractivity contribution is 5.99. The first kappa shape index (κ1) is 19.0. The Morgan fingerprint density at radius 2 is 1.54 bits per heavy atom. The molecule has 0 aromatic heterocycles. The number of para-hydroxylation sites is 2. The summed E-state index contributed by atoms with van der Waals surface area (Å²) in [7, 11) is 0. The minimum atomic E-state index is -0.323. The highest BCUT2D eigenvalue weighted by atomic mass is 16.6. The molecule has 0 fully saturated rings. The molecule has 3 rings (SSSR count). The second-order valence-corrected chi connectivity index (χ2v) is 5.93. The fourth-order valence-corrected chi connectivity index (χ4v) is 2.47. The number of nitrogens with two attached hydrogens (primary N) is 1. The molecule has 3 N–H and O–H groups in total. The van der Waals surface area contributed by atoms with Crippen molar-refractivity contribution < 1.29 is 14.4 Å². The highest BCUT2D eigenvalue weighted by Crippen LogP contribution is 2.19. The number of carbonyl (C=O) groups excluding carboxylic acids is 1. The van der Waals surface area contributed by atoms with Crippen LogP contribution in [0.4, 0.5) is 5.69 Å². The van der Waals surface area contributed by atoms with Crippen molar-refractivity contribution in [3.63, 3.8) is 0 Å². The normalized spacial score (nSPS) is 10.9. The predicted octanol–water partition coefficient (Wildman–Crippen LogP) is 3.54. The Kier molecular flexibility index (Phi) is 6.62. The van der Waals surface area contributed by atoms with Gasteiger partial charge in [0.1, 0.15) is 12.4 Å². The van der Waals surface area contributed by atoms with Crippen molar-refractivity contribution in [2.24, 2.45) is 10.9 Å². The van der Waals surface area contributed by atoms with E-state index < -0.39 is 0 Å². The topological polar surface area (TPSA) is 85.9 Å². The maximum atomic E-state index is 11.9. The van der Waals surface area contributed by atoms with Gasteiger partial charge in [-0.3, -0.25) is 4.79 Å². The summed E-state index contributed by atoms with van der Waals surface area (Å²) in [4.78, 5) is 17.0. The number of hydrogen-bond donors (Lipinski definition) is 2. The largest absolute Gasteiger partial charge is 0.488 e. The minimum Gasteiger partial charge on any atom is -0.488 e. The van der Waals surface area contributed by atoms with E-state index in [4.69, 9.17) is 15.3 Å². The molecule has 0 bridgehead atoms. The Hall–Kier alpha value is -3.80. The molecule has 0 aliphatic carbocycles. The summed E-state index contributed by atoms with van der Waals surface area (Å²) in [5, 5.41) is 6.55. The van der Waals surface area contributed by atoms with Crippen molar-refractivity contribution >= 4 is 17.4 Å². The number of anilines is 1. The van der Waals surface area contributed by atoms with E-state index in [1.165, 1.54) is 0 Å². The van der Waals surface area contributed by atoms with Crippen LogP contribution in [0.2, 0.25) is 0 Å². The van der Waals surface area contributed by atoms with E-state index in [9.17, 15) is 4.79 Å². The van der Waals surface area contributed by atoms with Crippen LogP contribution in [0.25, 0.3) is 0 Å². The van der Waals surface area contributed by atoms with Gasteiger partial charge in [0, 0.05) is 5.69 Å². The first-order valence-electron chi connectivity index (χ1n) is 8.79. The molecule has 0 unspecified atom stereocenters. The molecular formula is C22H21N3O3. The van der Waals surface area contributed by atoms with Gasteiger partial charge in [-0.1, -0.05) is 65.8 Å². The van der Waals surface area contributed by atoms with Crippen LogP contribution in [0.15, 0.2) is 90.1 Å². The van der Waals surface area contributed by atoms with Crippen molar-refractivity contribution in [3.05, 3.63) is 96.1 Å². The van der Waals surface area contributed by atoms with E-state index in [0.717, 1.165) is 5.56 Å². The van der Waals surface area contributed by atoms with Crippen LogP contribution in [0.3, 0.4) is 0 Å². The monoisotopic (exact) mass is 375 g/mol. The van der Waals surface area contributed by atoms with Crippen molar-refractivity contribution in [1.82, 2.24) is 0 Å². The maximum Gasteiger partial charge on any atom is 0.265 e. The Morgan fingerprint density at radius 1 is 0.893 bits per heavy atom. The molecule has 0 heterocycles. The summed E-state index contributed by atoms with van der Waals surface area (Å²) in [5.41, 5.74) is 8.35. The first-order chi connectivity index (χ1) is 13.7. The number of nitrogens with one attached hydrogen (secondary N) is 1. The van der Waals surface area contributed by atoms with Crippen LogP contribution < -0.4 is 15.8 Å². The van der Waals surface area contributed by atoms with Crippen LogP contribution in [0, 0.1) is 0 Å². The van der Waals surface area contributed by atoms with E-state index >= 15 is 0 Å². The molecule has 0 spiro atoms. The zero-order chi connectivity index (χ0) is 19.6. The van der Waals surface area contributed by atoms with Crippen molar-refractivity contribution in [3.8, 4) is 5.75 Å². The summed E-state index contributed by atoms with van der Waals surface area (Å²) in [6.45, 7) is 0.161. The quantitative estimate of drug-likeness (QED) is 0.358. The average molecular weight is 375 g/mol. The van der Waals surface area contributed by atoms with Crippen molar-refractivity contribution in [1.29, 1.82) is 0 Å². The molecule has 28 heavy (non-hydrogen) atoms. The predicted molar refractivity (Wildman–Crippen MR) is 109 cm³/mol. The van der Waals surface area contributed by atoms with Crippen molar-refractivity contribution in [2.75, 3.05) is 11.9 Å². The van der Waals surface area contributed by atoms with Gasteiger partial charge in [0.15, 0.2) is 12.4 Å². The third kappa shape index (κ3) is 5.60. The highest BCUT2D eigenvalue weighted by Gasteiger charge is 2.09. The molecule has 142 valence electrons. The molecule has 0 saturated carbocycles. The molecule has 0 aliphatic heterocycles. The summed E-state index contributed by atoms with van der Waals surface area (Å²) >= 11 is 0. The smallest absolute Gasteiger partial charge is 0.265 e. The van der Waals surface area contributed by atoms with Gasteiger partial charge < -0.3 is 20.6 Å². The van der Waals surface area contributed by atoms with E-state index in [1.54, 1.807) is 18.2 Å². The lowest BCUT2D eigenvalue weighted by molar-refractivity contribution is -0.120. The Balaban J connectivity index is 1.57. The Bertz CT molecular complexity index is 928. The van der Waals surface area contributed by atoms with E-state index in [1.807, 2.05) is 66.7 Å². The van der Waals surface area contributed by atoms with Crippen molar-refractivity contribution in [2.45, 2.75) is 6.61 Å². The molecule has 0 saturated heterocycles. The lowest BCUT2D eigenvalue weighted by Gasteiger charge is -2.11. The number of amidine groups is 1. The van der Waals surface area contributed by atoms with Gasteiger partial charge in [-0.05, 0) is 29.8 Å². The molecule has 3 aromatic rings. The van der Waals surface area contributed by atoms with Gasteiger partial charge >= 0.3 is 0 Å². The van der Waals surface area contributed by atoms with Gasteiger partial charge in [0.25, 0.3) is 5.91 Å². The number of amides is 1. The summed E-state index contributed by atoms with van der Waals surface area (Å²) in [6, 6.07) is 26.2. The lowest BCUT2D eigenvalue weighted by Crippen LogP contribution is -2.19. The van der Waals surface area contributed by atoms with Gasteiger partial charge in [-0.2, -0.15) is 0 Å². The van der Waals surface area contributed by atoms with E-state index in [0.29, 0.717) is 23.6 Å². The maximum absolute atomic E-state index is 11.9. The number of oxime groups is 1. The van der Waals surface area contributed by atoms with Crippen LogP contribution in [0.1, 0.15) is 11.1 Å². The van der Waals surface area contributed by atoms with E-state index in [2.05, 4.69) is 10.5 Å². The first-order valence-corrected chi connectivity index (χ1v) is 8.79. The number of nitrogens with zero attached hydrogens (tertiary/aromatic N) is 1. The third-order valence-corrected chi connectivity index (χ3v) is 3.82. The van der Waals surface area contributed by atoms with Gasteiger partial charge in [-0.15, -0.1) is 0 Å². The zero-order valence-corrected chi connectivity index (χ0v) is 15.2. The molecular weight excluding hydrogens is 354 g/mol. The Labute approximate surface area is 163 Å². The number of ether oxygens (including phenoxy) is 1. The fourth-order valence-electron chi connectivity index (χ4n) is 2.47. The standard InChI is InChI=1S/C22H21N3O3/c23-22(25-28-16-21(26)24-18-11-5-2-6-12-18)19-13-7-8-14-20(19)27-15-17-9-3-1-4-10-17/h1-14H,15-16H2,(H2,23,25)(H,24,26). The second-order valence-electron chi connectivity index (χ2n) is 5.93. The van der Waals surface area contributed by atoms with Crippen LogP contribution in [0.5, 0.6) is 5.75 Å². The third-order valence-electron chi connectivity index (χ3n) is 3.82. The number of carbonyl (C=O) groups is 1.